The Hall–Kier alpha value is -8.72. The summed E-state index contributed by atoms with van der Waals surface area (Å²) in [5, 5.41) is 7.36. The van der Waals surface area contributed by atoms with Crippen molar-refractivity contribution in [3.05, 3.63) is 265 Å². The minimum atomic E-state index is 1.11. The Morgan fingerprint density at radius 3 is 0.971 bits per heavy atom. The van der Waals surface area contributed by atoms with Crippen LogP contribution in [0, 0.1) is 20.8 Å². The molecule has 0 atom stereocenters. The molecule has 0 aromatic heterocycles. The maximum Gasteiger partial charge on any atom is 0.0540 e. The average molecular weight is 883 g/mol. The number of hydrogen-bond acceptors (Lipinski definition) is 2. The maximum absolute atomic E-state index is 2.52. The highest BCUT2D eigenvalue weighted by atomic mass is 15.2. The zero-order valence-electron chi connectivity index (χ0n) is 39.1. The highest BCUT2D eigenvalue weighted by molar-refractivity contribution is 6.28. The van der Waals surface area contributed by atoms with Gasteiger partial charge in [-0.05, 0) is 146 Å². The summed E-state index contributed by atoms with van der Waals surface area (Å²) in [6.07, 6.45) is 0. The molecule has 0 saturated carbocycles. The Kier molecular flexibility index (Phi) is 10.6. The van der Waals surface area contributed by atoms with Crippen LogP contribution in [0.15, 0.2) is 249 Å². The largest absolute Gasteiger partial charge is 0.310 e. The third-order valence-corrected chi connectivity index (χ3v) is 14.0. The van der Waals surface area contributed by atoms with Crippen LogP contribution >= 0.6 is 0 Å². The summed E-state index contributed by atoms with van der Waals surface area (Å²) in [4.78, 5) is 5.01. The Bertz CT molecular complexity index is 3710. The second-order valence-electron chi connectivity index (χ2n) is 18.3. The summed E-state index contributed by atoms with van der Waals surface area (Å²) in [6, 6.07) is 91.3. The summed E-state index contributed by atoms with van der Waals surface area (Å²) in [6.45, 7) is 6.72. The van der Waals surface area contributed by atoms with E-state index in [-0.39, 0.29) is 0 Å². The fourth-order valence-corrected chi connectivity index (χ4v) is 10.4. The van der Waals surface area contributed by atoms with Crippen molar-refractivity contribution in [3.63, 3.8) is 0 Å². The van der Waals surface area contributed by atoms with Gasteiger partial charge in [-0.3, -0.25) is 0 Å². The van der Waals surface area contributed by atoms with Crippen LogP contribution in [0.25, 0.3) is 76.8 Å². The molecule has 0 aliphatic rings. The zero-order valence-corrected chi connectivity index (χ0v) is 39.1. The van der Waals surface area contributed by atoms with E-state index < -0.39 is 0 Å². The summed E-state index contributed by atoms with van der Waals surface area (Å²) in [5.74, 6) is 0. The van der Waals surface area contributed by atoms with Crippen molar-refractivity contribution in [2.24, 2.45) is 0 Å². The van der Waals surface area contributed by atoms with E-state index in [9.17, 15) is 0 Å². The minimum Gasteiger partial charge on any atom is -0.310 e. The van der Waals surface area contributed by atoms with Gasteiger partial charge in [-0.25, -0.2) is 0 Å². The van der Waals surface area contributed by atoms with Gasteiger partial charge in [-0.15, -0.1) is 0 Å². The van der Waals surface area contributed by atoms with E-state index in [4.69, 9.17) is 0 Å². The van der Waals surface area contributed by atoms with Gasteiger partial charge in [-0.2, -0.15) is 0 Å². The highest BCUT2D eigenvalue weighted by Gasteiger charge is 2.25. The van der Waals surface area contributed by atoms with Gasteiger partial charge in [0.05, 0.1) is 11.4 Å². The Morgan fingerprint density at radius 2 is 0.565 bits per heavy atom. The van der Waals surface area contributed by atoms with Gasteiger partial charge in [0.2, 0.25) is 0 Å². The van der Waals surface area contributed by atoms with Gasteiger partial charge in [0.1, 0.15) is 0 Å². The van der Waals surface area contributed by atoms with Crippen molar-refractivity contribution in [2.75, 3.05) is 9.80 Å². The standard InChI is InChI=1S/C67H50N2/c1-45-27-30-55(49-19-10-5-11-20-49)42-63(45)68(58-26-16-25-54(41-58)48-17-8-4-9-18-48)61-39-35-52-34-38-60-62(40-36-53-33-37-59(61)66(52)67(53)60)69(64-43-56(31-28-46(64)2)50-21-12-6-13-22-50)65-44-57(32-29-47(65)3)51-23-14-7-15-24-51/h4-44H,1-3H3. The minimum absolute atomic E-state index is 1.11. The topological polar surface area (TPSA) is 6.48 Å². The lowest BCUT2D eigenvalue weighted by atomic mass is 9.91. The number of hydrogen-bond donors (Lipinski definition) is 0. The van der Waals surface area contributed by atoms with E-state index >= 15 is 0 Å². The zero-order chi connectivity index (χ0) is 46.4. The first-order valence-corrected chi connectivity index (χ1v) is 23.9. The van der Waals surface area contributed by atoms with Crippen LogP contribution < -0.4 is 9.80 Å². The van der Waals surface area contributed by atoms with Crippen molar-refractivity contribution in [3.8, 4) is 44.5 Å². The van der Waals surface area contributed by atoms with Gasteiger partial charge >= 0.3 is 0 Å². The summed E-state index contributed by atoms with van der Waals surface area (Å²) < 4.78 is 0. The molecule has 0 N–H and O–H groups in total. The molecule has 0 heterocycles. The number of rotatable bonds is 10. The third-order valence-electron chi connectivity index (χ3n) is 14.0. The third kappa shape index (κ3) is 7.57. The lowest BCUT2D eigenvalue weighted by Crippen LogP contribution is -2.14. The van der Waals surface area contributed by atoms with Crippen LogP contribution in [-0.4, -0.2) is 0 Å². The molecule has 0 unspecified atom stereocenters. The van der Waals surface area contributed by atoms with Crippen LogP contribution in [0.5, 0.6) is 0 Å². The molecule has 2 nitrogen and oxygen atoms in total. The molecule has 0 bridgehead atoms. The fraction of sp³-hybridized carbons (Fsp3) is 0.0448. The number of aryl methyl sites for hydroxylation is 3. The normalized spacial score (nSPS) is 11.4. The first-order valence-electron chi connectivity index (χ1n) is 23.9. The van der Waals surface area contributed by atoms with Gasteiger partial charge < -0.3 is 9.80 Å². The van der Waals surface area contributed by atoms with Crippen LogP contribution in [0.4, 0.5) is 34.1 Å². The van der Waals surface area contributed by atoms with Crippen LogP contribution in [-0.2, 0) is 0 Å². The molecule has 328 valence electrons. The van der Waals surface area contributed by atoms with Crippen LogP contribution in [0.1, 0.15) is 16.7 Å². The van der Waals surface area contributed by atoms with E-state index in [1.165, 1.54) is 93.5 Å². The number of nitrogens with zero attached hydrogens (tertiary/aromatic N) is 2. The molecule has 0 fully saturated rings. The molecule has 12 aromatic rings. The van der Waals surface area contributed by atoms with Crippen LogP contribution in [0.2, 0.25) is 0 Å². The van der Waals surface area contributed by atoms with E-state index in [0.29, 0.717) is 0 Å². The number of benzene rings is 12. The molecule has 0 aliphatic carbocycles. The predicted octanol–water partition coefficient (Wildman–Crippen LogP) is 19.1. The fourth-order valence-electron chi connectivity index (χ4n) is 10.4. The number of anilines is 6. The summed E-state index contributed by atoms with van der Waals surface area (Å²) in [5.41, 5.74) is 19.9. The van der Waals surface area contributed by atoms with Gasteiger partial charge in [0.15, 0.2) is 0 Å². The van der Waals surface area contributed by atoms with Gasteiger partial charge in [0.25, 0.3) is 0 Å². The van der Waals surface area contributed by atoms with E-state index in [0.717, 1.165) is 34.1 Å². The van der Waals surface area contributed by atoms with E-state index in [1.807, 2.05) is 0 Å². The molecule has 2 heteroatoms. The molecule has 0 saturated heterocycles. The molecular weight excluding hydrogens is 833 g/mol. The van der Waals surface area contributed by atoms with Crippen molar-refractivity contribution in [1.82, 2.24) is 0 Å². The van der Waals surface area contributed by atoms with Gasteiger partial charge in [0, 0.05) is 33.5 Å². The summed E-state index contributed by atoms with van der Waals surface area (Å²) >= 11 is 0. The first-order chi connectivity index (χ1) is 34.0. The second kappa shape index (κ2) is 17.5. The maximum atomic E-state index is 2.52. The smallest absolute Gasteiger partial charge is 0.0540 e. The lowest BCUT2D eigenvalue weighted by molar-refractivity contribution is 1.24. The van der Waals surface area contributed by atoms with E-state index in [2.05, 4.69) is 279 Å². The average Bonchev–Trinajstić information content (AvgIpc) is 3.41. The van der Waals surface area contributed by atoms with E-state index in [1.54, 1.807) is 0 Å². The molecule has 69 heavy (non-hydrogen) atoms. The quantitative estimate of drug-likeness (QED) is 0.126. The monoisotopic (exact) mass is 882 g/mol. The summed E-state index contributed by atoms with van der Waals surface area (Å²) in [7, 11) is 0. The predicted molar refractivity (Wildman–Crippen MR) is 295 cm³/mol. The highest BCUT2D eigenvalue weighted by Crippen LogP contribution is 2.50. The molecule has 0 aliphatic heterocycles. The van der Waals surface area contributed by atoms with Crippen LogP contribution in [0.3, 0.4) is 0 Å². The Morgan fingerprint density at radius 1 is 0.232 bits per heavy atom. The second-order valence-corrected chi connectivity index (χ2v) is 18.3. The van der Waals surface area contributed by atoms with Crippen molar-refractivity contribution in [2.45, 2.75) is 20.8 Å². The van der Waals surface area contributed by atoms with Gasteiger partial charge in [-0.1, -0.05) is 206 Å². The van der Waals surface area contributed by atoms with Crippen molar-refractivity contribution in [1.29, 1.82) is 0 Å². The van der Waals surface area contributed by atoms with Crippen molar-refractivity contribution < 1.29 is 0 Å². The first kappa shape index (κ1) is 41.7. The molecular formula is C67H50N2. The van der Waals surface area contributed by atoms with Crippen molar-refractivity contribution >= 4 is 66.4 Å². The molecule has 0 amide bonds. The Labute approximate surface area is 405 Å². The molecule has 12 rings (SSSR count). The SMILES string of the molecule is Cc1ccc(-c2ccccc2)cc1N(c1cccc(-c2ccccc2)c1)c1ccc2ccc3c(N(c4cc(-c5ccccc5)ccc4C)c4cc(-c5ccccc5)ccc4C)ccc4ccc1c2c43. The Balaban J connectivity index is 1.11. The molecule has 12 aromatic carbocycles. The molecule has 0 radical (unpaired) electrons. The lowest BCUT2D eigenvalue weighted by Gasteiger charge is -2.32. The molecule has 0 spiro atoms.